The lowest BCUT2D eigenvalue weighted by atomic mass is 9.77. The van der Waals surface area contributed by atoms with Gasteiger partial charge in [-0.05, 0) is 256 Å². The lowest BCUT2D eigenvalue weighted by molar-refractivity contribution is 0.590. The fourth-order valence-electron chi connectivity index (χ4n) is 18.7. The van der Waals surface area contributed by atoms with Crippen LogP contribution >= 0.6 is 0 Å². The molecule has 19 aromatic carbocycles. The number of fused-ring (bicyclic) bond motifs is 14. The van der Waals surface area contributed by atoms with Gasteiger partial charge in [-0.1, -0.05) is 548 Å². The number of nitrogens with zero attached hydrogens (tertiary/aromatic N) is 1. The Morgan fingerprint density at radius 1 is 0.177 bits per heavy atom. The first-order valence-electron chi connectivity index (χ1n) is 59.1. The summed E-state index contributed by atoms with van der Waals surface area (Å²) in [5, 5.41) is 5.45. The highest BCUT2D eigenvalue weighted by Gasteiger charge is 2.30. The fourth-order valence-corrected chi connectivity index (χ4v) is 18.7. The molecular weight excluding hydrogens is 1700 g/mol. The molecule has 141 heavy (non-hydrogen) atoms. The lowest BCUT2D eigenvalue weighted by Gasteiger charge is -2.27. The van der Waals surface area contributed by atoms with Crippen molar-refractivity contribution >= 4 is 38.1 Å². The summed E-state index contributed by atoms with van der Waals surface area (Å²) in [6, 6.07) is 108. The Kier molecular flexibility index (Phi) is 21.6. The second-order valence-corrected chi connectivity index (χ2v) is 42.5. The monoisotopic (exact) mass is 1850 g/mol. The van der Waals surface area contributed by atoms with E-state index in [9.17, 15) is 0 Å². The minimum absolute atomic E-state index is 0.0331. The number of hydrogen-bond donors (Lipinski definition) is 0. The van der Waals surface area contributed by atoms with Crippen molar-refractivity contribution in [3.8, 4) is 134 Å². The van der Waals surface area contributed by atoms with E-state index < -0.39 is 84.0 Å². The van der Waals surface area contributed by atoms with Gasteiger partial charge < -0.3 is 4.40 Å². The van der Waals surface area contributed by atoms with E-state index in [1.165, 1.54) is 163 Å². The van der Waals surface area contributed by atoms with Gasteiger partial charge in [0.1, 0.15) is 0 Å². The third-order valence-corrected chi connectivity index (χ3v) is 25.9. The summed E-state index contributed by atoms with van der Waals surface area (Å²) >= 11 is 0. The van der Waals surface area contributed by atoms with Gasteiger partial charge in [-0.15, -0.1) is 0 Å². The summed E-state index contributed by atoms with van der Waals surface area (Å²) in [6.07, 6.45) is 0. The number of rotatable bonds is 8. The van der Waals surface area contributed by atoms with E-state index in [0.29, 0.717) is 11.1 Å². The van der Waals surface area contributed by atoms with E-state index in [4.69, 9.17) is 28.8 Å². The summed E-state index contributed by atoms with van der Waals surface area (Å²) in [5.41, 5.74) is 30.9. The van der Waals surface area contributed by atoms with Crippen LogP contribution in [-0.2, 0) is 32.5 Å². The second kappa shape index (κ2) is 41.2. The van der Waals surface area contributed by atoms with Gasteiger partial charge in [0.2, 0.25) is 0 Å². The molecule has 1 nitrogen and oxygen atoms in total. The van der Waals surface area contributed by atoms with Gasteiger partial charge in [-0.25, -0.2) is 0 Å². The van der Waals surface area contributed by atoms with Gasteiger partial charge in [0.25, 0.3) is 0 Å². The maximum atomic E-state index is 8.69. The summed E-state index contributed by atoms with van der Waals surface area (Å²) in [6.45, 7) is 41.4. The van der Waals surface area contributed by atoms with Crippen molar-refractivity contribution in [2.24, 2.45) is 0 Å². The van der Waals surface area contributed by atoms with Crippen LogP contribution in [0.5, 0.6) is 0 Å². The van der Waals surface area contributed by atoms with Crippen LogP contribution in [0.3, 0.4) is 0 Å². The van der Waals surface area contributed by atoms with E-state index in [0.717, 1.165) is 5.56 Å². The highest BCUT2D eigenvalue weighted by atomic mass is 14.9. The van der Waals surface area contributed by atoms with Crippen molar-refractivity contribution in [3.05, 3.63) is 499 Å². The van der Waals surface area contributed by atoms with Crippen molar-refractivity contribution in [2.75, 3.05) is 0 Å². The molecule has 0 saturated heterocycles. The maximum Gasteiger partial charge on any atom is 0.0632 e. The smallest absolute Gasteiger partial charge is 0.0632 e. The van der Waals surface area contributed by atoms with Crippen LogP contribution in [0.15, 0.2) is 454 Å². The number of para-hydroxylation sites is 2. The Hall–Kier alpha value is -15.0. The zero-order valence-electron chi connectivity index (χ0n) is 106. The molecule has 0 aliphatic heterocycles. The molecule has 0 unspecified atom stereocenters. The van der Waals surface area contributed by atoms with E-state index in [1.807, 2.05) is 20.8 Å². The molecule has 2 heterocycles. The van der Waals surface area contributed by atoms with E-state index >= 15 is 0 Å². The molecule has 1 aliphatic rings. The van der Waals surface area contributed by atoms with Crippen LogP contribution in [0, 0.1) is 13.8 Å². The molecule has 22 rings (SSSR count). The molecule has 0 saturated carbocycles. The first kappa shape index (κ1) is 74.1. The van der Waals surface area contributed by atoms with Gasteiger partial charge in [0, 0.05) is 21.5 Å². The van der Waals surface area contributed by atoms with Gasteiger partial charge in [0.05, 0.1) is 45.3 Å². The summed E-state index contributed by atoms with van der Waals surface area (Å²) in [7, 11) is 0. The van der Waals surface area contributed by atoms with Crippen molar-refractivity contribution in [1.29, 1.82) is 0 Å². The molecule has 0 N–H and O–H groups in total. The molecule has 0 atom stereocenters. The Labute approximate surface area is 870 Å². The molecule has 1 aliphatic carbocycles. The number of hydrogen-bond acceptors (Lipinski definition) is 0. The van der Waals surface area contributed by atoms with Gasteiger partial charge in [-0.2, -0.15) is 0 Å². The van der Waals surface area contributed by atoms with E-state index in [-0.39, 0.29) is 125 Å². The Bertz CT molecular complexity index is 8790. The average molecular weight is 1850 g/mol. The third-order valence-electron chi connectivity index (χ3n) is 25.9. The predicted octanol–water partition coefficient (Wildman–Crippen LogP) is 40.0. The normalized spacial score (nSPS) is 13.9. The minimum Gasteiger partial charge on any atom is -0.308 e. The number of benzene rings is 19. The minimum atomic E-state index is -0.943. The highest BCUT2D eigenvalue weighted by molar-refractivity contribution is 6.23. The van der Waals surface area contributed by atoms with Crippen LogP contribution in [0.25, 0.3) is 172 Å². The van der Waals surface area contributed by atoms with Gasteiger partial charge in [-0.3, -0.25) is 0 Å². The number of aromatic nitrogens is 1. The Morgan fingerprint density at radius 3 is 0.894 bits per heavy atom. The molecule has 0 spiro atoms. The van der Waals surface area contributed by atoms with Crippen LogP contribution < -0.4 is 0 Å². The second-order valence-electron chi connectivity index (χ2n) is 42.5. The van der Waals surface area contributed by atoms with Crippen LogP contribution in [0.1, 0.15) is 198 Å². The first-order chi connectivity index (χ1) is 76.3. The standard InChI is InChI=1S/C28H24.2C23H24.C22H19N.2C22H22/c1-28(2,3)19-16-17-26-24-14-7-6-12-22(24)20-10-4-5-11-21(20)23-13-8-9-15-25(23)27(26)18-19;1-17-10-8-13-19(16-17)21-15-9-14-20(22(21)23(2,3)4)18-11-6-5-7-12-18;1-17-10-12-19(13-11-17)21-14-20(18-8-6-5-7-9-18)15-22(16-21)23(2,3)4;1-22(2,3)14-12-17-15-8-4-6-10-19(15)23-20-11-7-5-9-16(20)18(13-14)21(17)23;1-22(2,3)21-19(17-11-6-4-7-12-17)15-10-16-20(21)18-13-8-5-9-14-18;1-22(2,3)21-15-19(17-10-6-4-7-11-17)14-20(16-21)18-12-8-5-9-13-18/h4-18H,1-3H3;2*5-16H,1-4H3;4-13H,1-3H3;2*4-16H,1-3H3/i;5D,6D,7D,8D,9D,10D,11D,12D,13D,14D,15D,16D;5D,6D,7D,8D,9D,10D,11D,12D,13D;;;. The fraction of sp³-hybridized carbons (Fsp3) is 0.186. The van der Waals surface area contributed by atoms with Crippen molar-refractivity contribution in [1.82, 2.24) is 4.40 Å². The van der Waals surface area contributed by atoms with E-state index in [2.05, 4.69) is 397 Å². The average Bonchev–Trinajstić information content (AvgIpc) is 1.51. The topological polar surface area (TPSA) is 4.41 Å². The lowest BCUT2D eigenvalue weighted by Crippen LogP contribution is -2.14. The Morgan fingerprint density at radius 2 is 0.489 bits per heavy atom. The molecule has 0 bridgehead atoms. The largest absolute Gasteiger partial charge is 0.308 e. The molecule has 1 heteroatoms. The molecule has 2 aromatic heterocycles. The first-order valence-corrected chi connectivity index (χ1v) is 48.6. The molecule has 0 fully saturated rings. The van der Waals surface area contributed by atoms with Crippen LogP contribution in [0.4, 0.5) is 0 Å². The van der Waals surface area contributed by atoms with E-state index in [1.54, 1.807) is 39.0 Å². The van der Waals surface area contributed by atoms with Crippen molar-refractivity contribution in [3.63, 3.8) is 0 Å². The summed E-state index contributed by atoms with van der Waals surface area (Å²) in [4.78, 5) is 0. The van der Waals surface area contributed by atoms with Gasteiger partial charge in [0.15, 0.2) is 0 Å². The van der Waals surface area contributed by atoms with Gasteiger partial charge >= 0.3 is 0 Å². The SMILES string of the molecule is CC(C)(C)c1c(-c2ccccc2)cccc1-c1ccccc1.CC(C)(C)c1cc(-c2ccccc2)cc(-c2ccccc2)c1.CC(C)(C)c1cc2c3ccccc3n3c4ccccc4c(c1)c23.CC(C)(C)c1ccc2c(c1)-c1ccccc1-c1ccccc1-c1ccccc1-2.[2H]c1c([2H])c([2H])c(-c2c([2H])c([2H])c([2H])c(-c3c([2H])c([2H])c([2H])c(C)c3[2H])c2C(C)(C)C)c([2H])c1[2H].[2H]c1c([2H])c([2H])c(-c2cc(-c3c([2H])c([2H])c(C)c([2H])c3[2H])cc(C(C)(C)C)c2)c([2H])c1[2H]. The zero-order chi connectivity index (χ0) is 117. The van der Waals surface area contributed by atoms with Crippen molar-refractivity contribution < 1.29 is 28.8 Å². The summed E-state index contributed by atoms with van der Waals surface area (Å²) < 4.78 is 176. The molecule has 0 radical (unpaired) electrons. The van der Waals surface area contributed by atoms with Crippen LogP contribution in [0.2, 0.25) is 0 Å². The zero-order valence-corrected chi connectivity index (χ0v) is 84.6. The maximum absolute atomic E-state index is 8.69. The highest BCUT2D eigenvalue weighted by Crippen LogP contribution is 2.51. The Balaban J connectivity index is 0.000000131. The van der Waals surface area contributed by atoms with Crippen LogP contribution in [-0.4, -0.2) is 4.40 Å². The molecular formula is C140H135N. The third kappa shape index (κ3) is 22.0. The molecule has 21 aromatic rings. The van der Waals surface area contributed by atoms with Crippen molar-refractivity contribution in [2.45, 2.75) is 171 Å². The summed E-state index contributed by atoms with van der Waals surface area (Å²) in [5.74, 6) is 0. The quantitative estimate of drug-likeness (QED) is 0.143. The predicted molar refractivity (Wildman–Crippen MR) is 614 cm³/mol. The molecule has 0 amide bonds. The molecule has 700 valence electrons.